The molecule has 0 radical (unpaired) electrons. The Bertz CT molecular complexity index is 499. The first-order chi connectivity index (χ1) is 9.31. The second kappa shape index (κ2) is 7.28. The zero-order valence-electron chi connectivity index (χ0n) is 10.7. The molecule has 0 spiro atoms. The van der Waals surface area contributed by atoms with E-state index in [1.165, 1.54) is 5.56 Å². The molecule has 102 valence electrons. The molecular formula is C13H16N2O3S. The fourth-order valence-electron chi connectivity index (χ4n) is 1.53. The van der Waals surface area contributed by atoms with Crippen molar-refractivity contribution in [2.45, 2.75) is 24.7 Å². The molecule has 2 rings (SSSR count). The van der Waals surface area contributed by atoms with Gasteiger partial charge in [0.1, 0.15) is 6.61 Å². The number of benzene rings is 1. The van der Waals surface area contributed by atoms with Crippen molar-refractivity contribution in [2.75, 3.05) is 7.11 Å². The number of ether oxygens (including phenoxy) is 1. The third-order valence-electron chi connectivity index (χ3n) is 2.48. The molecule has 0 aliphatic rings. The molecule has 0 aliphatic heterocycles. The molecule has 0 unspecified atom stereocenters. The van der Waals surface area contributed by atoms with Crippen molar-refractivity contribution in [3.05, 3.63) is 47.1 Å². The lowest BCUT2D eigenvalue weighted by atomic mass is 10.2. The summed E-state index contributed by atoms with van der Waals surface area (Å²) in [6.07, 6.45) is 0. The van der Waals surface area contributed by atoms with E-state index >= 15 is 0 Å². The molecule has 1 N–H and O–H groups in total. The number of hydrogen-bond donors (Lipinski definition) is 1. The molecule has 1 aromatic heterocycles. The second-order valence-electron chi connectivity index (χ2n) is 4.00. The zero-order valence-corrected chi connectivity index (χ0v) is 11.5. The Kier molecular flexibility index (Phi) is 5.38. The molecule has 0 saturated heterocycles. The van der Waals surface area contributed by atoms with Crippen LogP contribution >= 0.6 is 11.8 Å². The van der Waals surface area contributed by atoms with Gasteiger partial charge >= 0.3 is 0 Å². The van der Waals surface area contributed by atoms with Gasteiger partial charge in [0.15, 0.2) is 5.82 Å². The van der Waals surface area contributed by atoms with E-state index in [2.05, 4.69) is 10.1 Å². The number of aliphatic hydroxyl groups is 1. The van der Waals surface area contributed by atoms with Crippen LogP contribution in [0.4, 0.5) is 0 Å². The molecule has 6 heteroatoms. The number of nitrogens with zero attached hydrogens (tertiary/aromatic N) is 2. The Morgan fingerprint density at radius 3 is 2.63 bits per heavy atom. The Morgan fingerprint density at radius 1 is 1.21 bits per heavy atom. The lowest BCUT2D eigenvalue weighted by Crippen LogP contribution is -1.89. The lowest BCUT2D eigenvalue weighted by Gasteiger charge is -2.01. The average molecular weight is 280 g/mol. The van der Waals surface area contributed by atoms with Gasteiger partial charge in [-0.05, 0) is 11.1 Å². The minimum Gasteiger partial charge on any atom is -0.392 e. The van der Waals surface area contributed by atoms with Gasteiger partial charge in [0.2, 0.25) is 0 Å². The number of aliphatic hydroxyl groups excluding tert-OH is 1. The fourth-order valence-corrected chi connectivity index (χ4v) is 2.36. The van der Waals surface area contributed by atoms with E-state index in [0.29, 0.717) is 24.1 Å². The van der Waals surface area contributed by atoms with Gasteiger partial charge in [0.25, 0.3) is 5.89 Å². The highest BCUT2D eigenvalue weighted by Gasteiger charge is 2.05. The first kappa shape index (κ1) is 14.0. The van der Waals surface area contributed by atoms with Crippen LogP contribution in [0.3, 0.4) is 0 Å². The third kappa shape index (κ3) is 4.34. The highest BCUT2D eigenvalue weighted by atomic mass is 32.2. The first-order valence-electron chi connectivity index (χ1n) is 5.88. The summed E-state index contributed by atoms with van der Waals surface area (Å²) in [4.78, 5) is 4.20. The normalized spacial score (nSPS) is 10.8. The Hall–Kier alpha value is -1.37. The quantitative estimate of drug-likeness (QED) is 0.838. The molecule has 19 heavy (non-hydrogen) atoms. The Morgan fingerprint density at radius 2 is 1.95 bits per heavy atom. The van der Waals surface area contributed by atoms with Crippen LogP contribution in [-0.4, -0.2) is 22.4 Å². The number of thioether (sulfide) groups is 1. The zero-order chi connectivity index (χ0) is 13.5. The van der Waals surface area contributed by atoms with Gasteiger partial charge in [-0.3, -0.25) is 0 Å². The van der Waals surface area contributed by atoms with Crippen LogP contribution in [-0.2, 0) is 29.5 Å². The maximum absolute atomic E-state index is 8.96. The topological polar surface area (TPSA) is 68.4 Å². The summed E-state index contributed by atoms with van der Waals surface area (Å²) < 4.78 is 9.92. The van der Waals surface area contributed by atoms with Crippen molar-refractivity contribution in [3.63, 3.8) is 0 Å². The maximum atomic E-state index is 8.96. The van der Waals surface area contributed by atoms with Gasteiger partial charge in [-0.2, -0.15) is 4.98 Å². The van der Waals surface area contributed by atoms with E-state index in [-0.39, 0.29) is 6.61 Å². The van der Waals surface area contributed by atoms with Crippen molar-refractivity contribution in [2.24, 2.45) is 0 Å². The smallest absolute Gasteiger partial charge is 0.252 e. The van der Waals surface area contributed by atoms with Crippen LogP contribution < -0.4 is 0 Å². The molecule has 1 heterocycles. The van der Waals surface area contributed by atoms with Crippen LogP contribution in [0.1, 0.15) is 22.8 Å². The number of aromatic nitrogens is 2. The van der Waals surface area contributed by atoms with Crippen molar-refractivity contribution in [1.82, 2.24) is 10.1 Å². The van der Waals surface area contributed by atoms with Gasteiger partial charge in [0, 0.05) is 12.9 Å². The summed E-state index contributed by atoms with van der Waals surface area (Å²) in [5.41, 5.74) is 2.14. The van der Waals surface area contributed by atoms with Gasteiger partial charge < -0.3 is 14.4 Å². The highest BCUT2D eigenvalue weighted by molar-refractivity contribution is 7.97. The number of rotatable bonds is 7. The molecule has 0 atom stereocenters. The van der Waals surface area contributed by atoms with Crippen LogP contribution in [0.5, 0.6) is 0 Å². The molecule has 0 bridgehead atoms. The predicted molar refractivity (Wildman–Crippen MR) is 72.4 cm³/mol. The third-order valence-corrected chi connectivity index (χ3v) is 3.48. The van der Waals surface area contributed by atoms with Crippen molar-refractivity contribution >= 4 is 11.8 Å². The van der Waals surface area contributed by atoms with Crippen LogP contribution in [0, 0.1) is 0 Å². The Labute approximate surface area is 116 Å². The predicted octanol–water partition coefficient (Wildman–Crippen LogP) is 2.14. The Balaban J connectivity index is 1.78. The maximum Gasteiger partial charge on any atom is 0.252 e. The largest absolute Gasteiger partial charge is 0.392 e. The van der Waals surface area contributed by atoms with Gasteiger partial charge in [-0.15, -0.1) is 11.8 Å². The van der Waals surface area contributed by atoms with E-state index < -0.39 is 0 Å². The minimum atomic E-state index is 0.0819. The molecule has 0 aliphatic carbocycles. The molecule has 0 fully saturated rings. The monoisotopic (exact) mass is 280 g/mol. The summed E-state index contributed by atoms with van der Waals surface area (Å²) in [5, 5.41) is 12.8. The van der Waals surface area contributed by atoms with E-state index in [1.807, 2.05) is 24.3 Å². The standard InChI is InChI=1S/C13H16N2O3S/c1-17-7-13-14-12(15-18-13)9-19-8-11-4-2-10(6-16)3-5-11/h2-5,16H,6-9H2,1H3. The molecule has 1 aromatic carbocycles. The highest BCUT2D eigenvalue weighted by Crippen LogP contribution is 2.17. The SMILES string of the molecule is COCc1nc(CSCc2ccc(CO)cc2)no1. The van der Waals surface area contributed by atoms with E-state index in [0.717, 1.165) is 11.3 Å². The molecule has 2 aromatic rings. The van der Waals surface area contributed by atoms with Crippen molar-refractivity contribution in [3.8, 4) is 0 Å². The summed E-state index contributed by atoms with van der Waals surface area (Å²) in [6, 6.07) is 7.90. The van der Waals surface area contributed by atoms with E-state index in [4.69, 9.17) is 14.4 Å². The summed E-state index contributed by atoms with van der Waals surface area (Å²) >= 11 is 1.72. The molecule has 0 amide bonds. The van der Waals surface area contributed by atoms with Crippen LogP contribution in [0.25, 0.3) is 0 Å². The average Bonchev–Trinajstić information content (AvgIpc) is 2.88. The van der Waals surface area contributed by atoms with E-state index in [9.17, 15) is 0 Å². The van der Waals surface area contributed by atoms with Crippen molar-refractivity contribution in [1.29, 1.82) is 0 Å². The summed E-state index contributed by atoms with van der Waals surface area (Å²) in [6.45, 7) is 0.429. The van der Waals surface area contributed by atoms with Gasteiger partial charge in [0.05, 0.1) is 12.4 Å². The fraction of sp³-hybridized carbons (Fsp3) is 0.385. The number of methoxy groups -OCH3 is 1. The lowest BCUT2D eigenvalue weighted by molar-refractivity contribution is 0.151. The van der Waals surface area contributed by atoms with Crippen LogP contribution in [0.15, 0.2) is 28.8 Å². The van der Waals surface area contributed by atoms with Gasteiger partial charge in [-0.1, -0.05) is 29.4 Å². The molecule has 0 saturated carbocycles. The second-order valence-corrected chi connectivity index (χ2v) is 4.99. The number of hydrogen-bond acceptors (Lipinski definition) is 6. The first-order valence-corrected chi connectivity index (χ1v) is 7.04. The van der Waals surface area contributed by atoms with Crippen LogP contribution in [0.2, 0.25) is 0 Å². The molecule has 5 nitrogen and oxygen atoms in total. The molecular weight excluding hydrogens is 264 g/mol. The summed E-state index contributed by atoms with van der Waals surface area (Å²) in [7, 11) is 1.59. The minimum absolute atomic E-state index is 0.0819. The van der Waals surface area contributed by atoms with Crippen molar-refractivity contribution < 1.29 is 14.4 Å². The van der Waals surface area contributed by atoms with Gasteiger partial charge in [-0.25, -0.2) is 0 Å². The van der Waals surface area contributed by atoms with E-state index in [1.54, 1.807) is 18.9 Å². The summed E-state index contributed by atoms with van der Waals surface area (Å²) in [5.74, 6) is 2.77.